The summed E-state index contributed by atoms with van der Waals surface area (Å²) in [5.74, 6) is -0.165. The van der Waals surface area contributed by atoms with Crippen molar-refractivity contribution in [1.29, 1.82) is 0 Å². The van der Waals surface area contributed by atoms with E-state index in [9.17, 15) is 13.2 Å². The molecule has 0 aliphatic carbocycles. The number of para-hydroxylation sites is 3. The second-order valence-corrected chi connectivity index (χ2v) is 9.02. The Hall–Kier alpha value is -3.03. The number of amides is 1. The standard InChI is InChI=1S/C23H23ClN2O4S/c1-3-30-22-11-7-6-10-21(22)26(31(28,29)18-14-12-17(2)13-15-18)16-23(27)25-20-9-5-4-8-19(20)24/h4-15H,3,16H2,1-2H3,(H,25,27). The van der Waals surface area contributed by atoms with Crippen LogP contribution in [0.4, 0.5) is 11.4 Å². The molecular formula is C23H23ClN2O4S. The van der Waals surface area contributed by atoms with Crippen molar-refractivity contribution < 1.29 is 17.9 Å². The Morgan fingerprint density at radius 3 is 2.32 bits per heavy atom. The van der Waals surface area contributed by atoms with Gasteiger partial charge in [-0.25, -0.2) is 8.42 Å². The van der Waals surface area contributed by atoms with Crippen molar-refractivity contribution in [2.75, 3.05) is 22.8 Å². The first-order valence-electron chi connectivity index (χ1n) is 9.68. The van der Waals surface area contributed by atoms with Crippen LogP contribution < -0.4 is 14.4 Å². The van der Waals surface area contributed by atoms with Gasteiger partial charge in [0.25, 0.3) is 10.0 Å². The molecule has 0 aliphatic rings. The predicted octanol–water partition coefficient (Wildman–Crippen LogP) is 4.88. The summed E-state index contributed by atoms with van der Waals surface area (Å²) in [4.78, 5) is 12.9. The number of rotatable bonds is 8. The molecule has 0 atom stereocenters. The Balaban J connectivity index is 2.01. The fraction of sp³-hybridized carbons (Fsp3) is 0.174. The number of aryl methyl sites for hydroxylation is 1. The Morgan fingerprint density at radius 1 is 1.00 bits per heavy atom. The van der Waals surface area contributed by atoms with Crippen molar-refractivity contribution in [3.63, 3.8) is 0 Å². The van der Waals surface area contributed by atoms with Gasteiger partial charge in [0.2, 0.25) is 5.91 Å². The quantitative estimate of drug-likeness (QED) is 0.522. The maximum atomic E-state index is 13.5. The number of nitrogens with zero attached hydrogens (tertiary/aromatic N) is 1. The van der Waals surface area contributed by atoms with Gasteiger partial charge in [0, 0.05) is 0 Å². The summed E-state index contributed by atoms with van der Waals surface area (Å²) >= 11 is 6.12. The van der Waals surface area contributed by atoms with Crippen LogP contribution in [0, 0.1) is 6.92 Å². The van der Waals surface area contributed by atoms with E-state index in [1.165, 1.54) is 12.1 Å². The highest BCUT2D eigenvalue weighted by Crippen LogP contribution is 2.32. The number of carbonyl (C=O) groups excluding carboxylic acids is 1. The molecule has 0 heterocycles. The van der Waals surface area contributed by atoms with Crippen LogP contribution in [0.5, 0.6) is 5.75 Å². The molecule has 3 aromatic carbocycles. The maximum absolute atomic E-state index is 13.5. The van der Waals surface area contributed by atoms with Crippen LogP contribution in [0.1, 0.15) is 12.5 Å². The van der Waals surface area contributed by atoms with Crippen LogP contribution in [0.25, 0.3) is 0 Å². The van der Waals surface area contributed by atoms with E-state index in [2.05, 4.69) is 5.32 Å². The summed E-state index contributed by atoms with van der Waals surface area (Å²) < 4.78 is 33.7. The molecule has 8 heteroatoms. The highest BCUT2D eigenvalue weighted by Gasteiger charge is 2.29. The Bertz CT molecular complexity index is 1160. The Morgan fingerprint density at radius 2 is 1.65 bits per heavy atom. The molecule has 3 rings (SSSR count). The van der Waals surface area contributed by atoms with Crippen molar-refractivity contribution in [2.45, 2.75) is 18.7 Å². The monoisotopic (exact) mass is 458 g/mol. The van der Waals surface area contributed by atoms with Gasteiger partial charge in [-0.2, -0.15) is 0 Å². The molecule has 0 saturated carbocycles. The molecule has 3 aromatic rings. The first-order valence-corrected chi connectivity index (χ1v) is 11.5. The van der Waals surface area contributed by atoms with E-state index in [0.29, 0.717) is 23.1 Å². The normalized spacial score (nSPS) is 11.1. The highest BCUT2D eigenvalue weighted by molar-refractivity contribution is 7.92. The molecule has 1 amide bonds. The van der Waals surface area contributed by atoms with Crippen molar-refractivity contribution in [3.05, 3.63) is 83.4 Å². The van der Waals surface area contributed by atoms with Crippen LogP contribution in [0.3, 0.4) is 0 Å². The number of halogens is 1. The lowest BCUT2D eigenvalue weighted by Gasteiger charge is -2.26. The fourth-order valence-electron chi connectivity index (χ4n) is 2.96. The summed E-state index contributed by atoms with van der Waals surface area (Å²) in [5, 5.41) is 3.04. The van der Waals surface area contributed by atoms with Crippen molar-refractivity contribution in [3.8, 4) is 5.75 Å². The van der Waals surface area contributed by atoms with E-state index in [1.54, 1.807) is 67.6 Å². The number of carbonyl (C=O) groups is 1. The van der Waals surface area contributed by atoms with E-state index in [-0.39, 0.29) is 10.6 Å². The molecule has 0 spiro atoms. The van der Waals surface area contributed by atoms with E-state index in [0.717, 1.165) is 9.87 Å². The summed E-state index contributed by atoms with van der Waals surface area (Å²) in [6, 6.07) is 19.9. The van der Waals surface area contributed by atoms with Crippen LogP contribution in [-0.4, -0.2) is 27.5 Å². The third-order valence-corrected chi connectivity index (χ3v) is 6.58. The third-order valence-electron chi connectivity index (χ3n) is 4.48. The number of nitrogens with one attached hydrogen (secondary N) is 1. The van der Waals surface area contributed by atoms with Crippen molar-refractivity contribution in [1.82, 2.24) is 0 Å². The van der Waals surface area contributed by atoms with Crippen LogP contribution in [-0.2, 0) is 14.8 Å². The Kier molecular flexibility index (Phi) is 7.20. The van der Waals surface area contributed by atoms with Gasteiger partial charge in [-0.15, -0.1) is 0 Å². The van der Waals surface area contributed by atoms with Crippen LogP contribution >= 0.6 is 11.6 Å². The zero-order valence-corrected chi connectivity index (χ0v) is 18.8. The van der Waals surface area contributed by atoms with Gasteiger partial charge in [0.1, 0.15) is 12.3 Å². The molecule has 162 valence electrons. The van der Waals surface area contributed by atoms with Gasteiger partial charge in [-0.3, -0.25) is 9.10 Å². The second kappa shape index (κ2) is 9.85. The van der Waals surface area contributed by atoms with Crippen LogP contribution in [0.15, 0.2) is 77.7 Å². The van der Waals surface area contributed by atoms with Gasteiger partial charge < -0.3 is 10.1 Å². The molecule has 0 saturated heterocycles. The van der Waals surface area contributed by atoms with E-state index >= 15 is 0 Å². The number of hydrogen-bond donors (Lipinski definition) is 1. The van der Waals surface area contributed by atoms with Crippen LogP contribution in [0.2, 0.25) is 5.02 Å². The third kappa shape index (κ3) is 5.37. The molecule has 0 aromatic heterocycles. The molecular weight excluding hydrogens is 436 g/mol. The minimum atomic E-state index is -4.05. The molecule has 0 radical (unpaired) electrons. The van der Waals surface area contributed by atoms with Gasteiger partial charge in [-0.05, 0) is 50.2 Å². The smallest absolute Gasteiger partial charge is 0.264 e. The molecule has 0 fully saturated rings. The minimum absolute atomic E-state index is 0.0787. The van der Waals surface area contributed by atoms with E-state index < -0.39 is 22.5 Å². The second-order valence-electron chi connectivity index (χ2n) is 6.75. The lowest BCUT2D eigenvalue weighted by atomic mass is 10.2. The number of anilines is 2. The first-order chi connectivity index (χ1) is 14.8. The van der Waals surface area contributed by atoms with Gasteiger partial charge >= 0.3 is 0 Å². The molecule has 31 heavy (non-hydrogen) atoms. The molecule has 1 N–H and O–H groups in total. The highest BCUT2D eigenvalue weighted by atomic mass is 35.5. The molecule has 0 bridgehead atoms. The number of sulfonamides is 1. The average Bonchev–Trinajstić information content (AvgIpc) is 2.75. The average molecular weight is 459 g/mol. The zero-order chi connectivity index (χ0) is 22.4. The maximum Gasteiger partial charge on any atom is 0.264 e. The Labute approximate surface area is 187 Å². The summed E-state index contributed by atoms with van der Waals surface area (Å²) in [5.41, 5.74) is 1.61. The fourth-order valence-corrected chi connectivity index (χ4v) is 4.58. The lowest BCUT2D eigenvalue weighted by Crippen LogP contribution is -2.38. The number of hydrogen-bond acceptors (Lipinski definition) is 4. The van der Waals surface area contributed by atoms with Gasteiger partial charge in [0.15, 0.2) is 0 Å². The zero-order valence-electron chi connectivity index (χ0n) is 17.2. The van der Waals surface area contributed by atoms with E-state index in [1.807, 2.05) is 6.92 Å². The summed E-state index contributed by atoms with van der Waals surface area (Å²) in [6.07, 6.45) is 0. The van der Waals surface area contributed by atoms with Gasteiger partial charge in [0.05, 0.1) is 27.9 Å². The lowest BCUT2D eigenvalue weighted by molar-refractivity contribution is -0.114. The van der Waals surface area contributed by atoms with Crippen molar-refractivity contribution in [2.24, 2.45) is 0 Å². The largest absolute Gasteiger partial charge is 0.492 e. The molecule has 0 unspecified atom stereocenters. The molecule has 0 aliphatic heterocycles. The minimum Gasteiger partial charge on any atom is -0.492 e. The predicted molar refractivity (Wildman–Crippen MR) is 123 cm³/mol. The van der Waals surface area contributed by atoms with Gasteiger partial charge in [-0.1, -0.05) is 53.6 Å². The summed E-state index contributed by atoms with van der Waals surface area (Å²) in [6.45, 7) is 3.57. The molecule has 6 nitrogen and oxygen atoms in total. The topological polar surface area (TPSA) is 75.7 Å². The number of ether oxygens (including phenoxy) is 1. The van der Waals surface area contributed by atoms with Crippen molar-refractivity contribution >= 4 is 38.9 Å². The SMILES string of the molecule is CCOc1ccccc1N(CC(=O)Nc1ccccc1Cl)S(=O)(=O)c1ccc(C)cc1. The number of benzene rings is 3. The first kappa shape index (κ1) is 22.7. The summed E-state index contributed by atoms with van der Waals surface area (Å²) in [7, 11) is -4.05. The van der Waals surface area contributed by atoms with E-state index in [4.69, 9.17) is 16.3 Å².